The van der Waals surface area contributed by atoms with Crippen LogP contribution in [0.2, 0.25) is 0 Å². The minimum atomic E-state index is -0.657. The van der Waals surface area contributed by atoms with Crippen LogP contribution in [0.4, 0.5) is 0 Å². The summed E-state index contributed by atoms with van der Waals surface area (Å²) in [6.07, 6.45) is 4.80. The fourth-order valence-corrected chi connectivity index (χ4v) is 5.02. The molecule has 178 valence electrons. The number of carbonyl (C=O) groups is 2. The molecule has 34 heavy (non-hydrogen) atoms. The number of ketones is 1. The summed E-state index contributed by atoms with van der Waals surface area (Å²) >= 11 is 0. The number of rotatable bonds is 6. The molecule has 0 bridgehead atoms. The normalized spacial score (nSPS) is 24.3. The first-order valence-corrected chi connectivity index (χ1v) is 11.8. The maximum Gasteiger partial charge on any atom is 0.295 e. The first-order valence-electron chi connectivity index (χ1n) is 11.8. The average molecular weight is 464 g/mol. The molecule has 0 saturated carbocycles. The second kappa shape index (κ2) is 9.56. The molecule has 3 aliphatic heterocycles. The molecule has 2 atom stereocenters. The van der Waals surface area contributed by atoms with E-state index < -0.39 is 17.7 Å². The SMILES string of the molecule is C[C@@H]1Cc2cc(C(O)=C3C(=O)C(=O)N(CCCN4CCOCC4)[C@H]3c3ccncc3)ccc2O1. The van der Waals surface area contributed by atoms with Gasteiger partial charge >= 0.3 is 0 Å². The minimum Gasteiger partial charge on any atom is -0.507 e. The van der Waals surface area contributed by atoms with E-state index in [-0.39, 0.29) is 17.4 Å². The Balaban J connectivity index is 1.46. The second-order valence-electron chi connectivity index (χ2n) is 9.04. The molecule has 0 spiro atoms. The van der Waals surface area contributed by atoms with Crippen LogP contribution in [0, 0.1) is 0 Å². The summed E-state index contributed by atoms with van der Waals surface area (Å²) in [5, 5.41) is 11.3. The molecule has 1 aromatic carbocycles. The van der Waals surface area contributed by atoms with Gasteiger partial charge in [0.05, 0.1) is 24.8 Å². The van der Waals surface area contributed by atoms with Gasteiger partial charge in [0.15, 0.2) is 0 Å². The summed E-state index contributed by atoms with van der Waals surface area (Å²) < 4.78 is 11.2. The van der Waals surface area contributed by atoms with E-state index in [1.165, 1.54) is 0 Å². The van der Waals surface area contributed by atoms with Gasteiger partial charge in [-0.05, 0) is 54.8 Å². The van der Waals surface area contributed by atoms with Crippen LogP contribution >= 0.6 is 0 Å². The van der Waals surface area contributed by atoms with E-state index >= 15 is 0 Å². The molecule has 0 radical (unpaired) electrons. The van der Waals surface area contributed by atoms with E-state index in [2.05, 4.69) is 9.88 Å². The maximum absolute atomic E-state index is 13.2. The summed E-state index contributed by atoms with van der Waals surface area (Å²) in [4.78, 5) is 34.3. The van der Waals surface area contributed by atoms with Crippen LogP contribution in [0.1, 0.15) is 36.1 Å². The molecule has 1 amide bonds. The highest BCUT2D eigenvalue weighted by Gasteiger charge is 2.45. The first kappa shape index (κ1) is 22.6. The molecule has 0 unspecified atom stereocenters. The number of carbonyl (C=O) groups excluding carboxylic acids is 2. The smallest absolute Gasteiger partial charge is 0.295 e. The number of hydrogen-bond donors (Lipinski definition) is 1. The summed E-state index contributed by atoms with van der Waals surface area (Å²) in [5.74, 6) is -0.601. The molecule has 0 aliphatic carbocycles. The molecule has 1 aromatic heterocycles. The number of benzene rings is 1. The number of amides is 1. The Morgan fingerprint density at radius 1 is 1.12 bits per heavy atom. The molecule has 5 rings (SSSR count). The second-order valence-corrected chi connectivity index (χ2v) is 9.04. The highest BCUT2D eigenvalue weighted by atomic mass is 16.5. The number of Topliss-reactive ketones (excluding diaryl/α,β-unsaturated/α-hetero) is 1. The highest BCUT2D eigenvalue weighted by Crippen LogP contribution is 2.40. The van der Waals surface area contributed by atoms with E-state index in [9.17, 15) is 14.7 Å². The molecule has 1 N–H and O–H groups in total. The number of likely N-dealkylation sites (tertiary alicyclic amines) is 1. The Morgan fingerprint density at radius 2 is 1.88 bits per heavy atom. The molecule has 2 aromatic rings. The van der Waals surface area contributed by atoms with Crippen molar-refractivity contribution in [3.05, 3.63) is 65.0 Å². The summed E-state index contributed by atoms with van der Waals surface area (Å²) in [5.41, 5.74) is 2.37. The number of pyridine rings is 1. The van der Waals surface area contributed by atoms with E-state index in [0.717, 1.165) is 49.4 Å². The molecule has 8 nitrogen and oxygen atoms in total. The van der Waals surface area contributed by atoms with Crippen molar-refractivity contribution in [2.24, 2.45) is 0 Å². The van der Waals surface area contributed by atoms with Crippen LogP contribution in [0.3, 0.4) is 0 Å². The molecule has 4 heterocycles. The number of fused-ring (bicyclic) bond motifs is 1. The zero-order chi connectivity index (χ0) is 23.7. The largest absolute Gasteiger partial charge is 0.507 e. The minimum absolute atomic E-state index is 0.0706. The summed E-state index contributed by atoms with van der Waals surface area (Å²) in [7, 11) is 0. The maximum atomic E-state index is 13.2. The highest BCUT2D eigenvalue weighted by molar-refractivity contribution is 6.46. The van der Waals surface area contributed by atoms with Crippen LogP contribution in [0.25, 0.3) is 5.76 Å². The van der Waals surface area contributed by atoms with Crippen molar-refractivity contribution < 1.29 is 24.2 Å². The van der Waals surface area contributed by atoms with Gasteiger partial charge in [-0.15, -0.1) is 0 Å². The van der Waals surface area contributed by atoms with E-state index in [0.29, 0.717) is 25.3 Å². The zero-order valence-electron chi connectivity index (χ0n) is 19.3. The Kier molecular flexibility index (Phi) is 6.34. The van der Waals surface area contributed by atoms with Crippen molar-refractivity contribution in [2.75, 3.05) is 39.4 Å². The van der Waals surface area contributed by atoms with Gasteiger partial charge in [-0.2, -0.15) is 0 Å². The predicted octanol–water partition coefficient (Wildman–Crippen LogP) is 2.55. The third-order valence-electron chi connectivity index (χ3n) is 6.71. The van der Waals surface area contributed by atoms with Crippen LogP contribution in [0.15, 0.2) is 48.3 Å². The Morgan fingerprint density at radius 3 is 2.65 bits per heavy atom. The lowest BCUT2D eigenvalue weighted by Gasteiger charge is -2.29. The number of hydrogen-bond acceptors (Lipinski definition) is 7. The first-order chi connectivity index (χ1) is 16.5. The molecule has 3 aliphatic rings. The van der Waals surface area contributed by atoms with Gasteiger partial charge in [-0.25, -0.2) is 0 Å². The third kappa shape index (κ3) is 4.31. The Hall–Kier alpha value is -3.23. The van der Waals surface area contributed by atoms with Crippen LogP contribution in [-0.4, -0.2) is 77.1 Å². The van der Waals surface area contributed by atoms with Crippen LogP contribution in [0.5, 0.6) is 5.75 Å². The van der Waals surface area contributed by atoms with Gasteiger partial charge in [0, 0.05) is 50.6 Å². The van der Waals surface area contributed by atoms with Crippen molar-refractivity contribution in [3.63, 3.8) is 0 Å². The quantitative estimate of drug-likeness (QED) is 0.400. The summed E-state index contributed by atoms with van der Waals surface area (Å²) in [6, 6.07) is 8.32. The lowest BCUT2D eigenvalue weighted by atomic mass is 9.95. The zero-order valence-corrected chi connectivity index (χ0v) is 19.3. The third-order valence-corrected chi connectivity index (χ3v) is 6.71. The van der Waals surface area contributed by atoms with Gasteiger partial charge < -0.3 is 19.5 Å². The lowest BCUT2D eigenvalue weighted by Crippen LogP contribution is -2.38. The van der Waals surface area contributed by atoms with Crippen molar-refractivity contribution in [1.82, 2.24) is 14.8 Å². The molecule has 2 fully saturated rings. The van der Waals surface area contributed by atoms with Crippen LogP contribution in [-0.2, 0) is 20.7 Å². The van der Waals surface area contributed by atoms with Gasteiger partial charge in [-0.1, -0.05) is 0 Å². The number of aromatic nitrogens is 1. The molecule has 2 saturated heterocycles. The number of aliphatic hydroxyl groups excluding tert-OH is 1. The van der Waals surface area contributed by atoms with Crippen molar-refractivity contribution >= 4 is 17.4 Å². The molecular weight excluding hydrogens is 434 g/mol. The average Bonchev–Trinajstić information content (AvgIpc) is 3.35. The topological polar surface area (TPSA) is 92.2 Å². The number of morpholine rings is 1. The standard InChI is InChI=1S/C26H29N3O5/c1-17-15-20-16-19(3-4-21(20)34-17)24(30)22-23(18-5-7-27-8-6-18)29(26(32)25(22)31)10-2-9-28-11-13-33-14-12-28/h3-8,16-17,23,30H,2,9-15H2,1H3/t17-,23+/m1/s1. The van der Waals surface area contributed by atoms with Gasteiger partial charge in [0.2, 0.25) is 0 Å². The fraction of sp³-hybridized carbons (Fsp3) is 0.423. The van der Waals surface area contributed by atoms with E-state index in [1.54, 1.807) is 35.5 Å². The summed E-state index contributed by atoms with van der Waals surface area (Å²) in [6.45, 7) is 6.39. The van der Waals surface area contributed by atoms with Gasteiger partial charge in [0.25, 0.3) is 11.7 Å². The van der Waals surface area contributed by atoms with Crippen LogP contribution < -0.4 is 4.74 Å². The van der Waals surface area contributed by atoms with Crippen molar-refractivity contribution in [3.8, 4) is 5.75 Å². The fourth-order valence-electron chi connectivity index (χ4n) is 5.02. The molecule has 8 heteroatoms. The van der Waals surface area contributed by atoms with E-state index in [1.807, 2.05) is 19.1 Å². The molecular formula is C26H29N3O5. The Bertz CT molecular complexity index is 1110. The van der Waals surface area contributed by atoms with Crippen molar-refractivity contribution in [1.29, 1.82) is 0 Å². The Labute approximate surface area is 198 Å². The van der Waals surface area contributed by atoms with E-state index in [4.69, 9.17) is 9.47 Å². The number of ether oxygens (including phenoxy) is 2. The predicted molar refractivity (Wildman–Crippen MR) is 125 cm³/mol. The van der Waals surface area contributed by atoms with Crippen molar-refractivity contribution in [2.45, 2.75) is 31.9 Å². The van der Waals surface area contributed by atoms with Gasteiger partial charge in [-0.3, -0.25) is 19.5 Å². The monoisotopic (exact) mass is 463 g/mol. The number of nitrogens with zero attached hydrogens (tertiary/aromatic N) is 3. The van der Waals surface area contributed by atoms with Gasteiger partial charge in [0.1, 0.15) is 17.6 Å². The lowest BCUT2D eigenvalue weighted by molar-refractivity contribution is -0.140. The number of aliphatic hydroxyl groups is 1.